The van der Waals surface area contributed by atoms with Gasteiger partial charge < -0.3 is 10.8 Å². The first-order valence-electron chi connectivity index (χ1n) is 4.43. The highest BCUT2D eigenvalue weighted by Gasteiger charge is 2.09. The van der Waals surface area contributed by atoms with E-state index in [9.17, 15) is 4.21 Å². The zero-order valence-electron chi connectivity index (χ0n) is 8.36. The van der Waals surface area contributed by atoms with Gasteiger partial charge in [0.1, 0.15) is 0 Å². The molecule has 0 bridgehead atoms. The van der Waals surface area contributed by atoms with Crippen LogP contribution in [0.1, 0.15) is 12.5 Å². The zero-order chi connectivity index (χ0) is 10.7. The van der Waals surface area contributed by atoms with Crippen molar-refractivity contribution in [2.45, 2.75) is 24.8 Å². The molecule has 1 aromatic carbocycles. The summed E-state index contributed by atoms with van der Waals surface area (Å²) in [6.45, 7) is 3.50. The molecule has 0 aliphatic carbocycles. The summed E-state index contributed by atoms with van der Waals surface area (Å²) >= 11 is 0. The number of nitrogens with two attached hydrogens (primary N) is 1. The van der Waals surface area contributed by atoms with Gasteiger partial charge in [0, 0.05) is 10.6 Å². The van der Waals surface area contributed by atoms with Gasteiger partial charge in [-0.3, -0.25) is 4.21 Å². The van der Waals surface area contributed by atoms with Gasteiger partial charge in [-0.15, -0.1) is 0 Å². The number of aliphatic hydroxyl groups excluding tert-OH is 1. The van der Waals surface area contributed by atoms with Crippen LogP contribution in [-0.4, -0.2) is 21.2 Å². The van der Waals surface area contributed by atoms with E-state index in [1.807, 2.05) is 6.92 Å². The maximum Gasteiger partial charge on any atom is 0.0630 e. The van der Waals surface area contributed by atoms with E-state index in [2.05, 4.69) is 0 Å². The first-order chi connectivity index (χ1) is 6.50. The third-order valence-electron chi connectivity index (χ3n) is 1.84. The lowest BCUT2D eigenvalue weighted by atomic mass is 10.2. The summed E-state index contributed by atoms with van der Waals surface area (Å²) in [5.74, 6) is 0.269. The number of aryl methyl sites for hydroxylation is 1. The van der Waals surface area contributed by atoms with Gasteiger partial charge >= 0.3 is 0 Å². The normalized spacial score (nSPS) is 15.1. The average molecular weight is 213 g/mol. The second kappa shape index (κ2) is 4.57. The minimum atomic E-state index is -1.14. The van der Waals surface area contributed by atoms with Crippen LogP contribution in [0.5, 0.6) is 0 Å². The fourth-order valence-electron chi connectivity index (χ4n) is 1.24. The monoisotopic (exact) mass is 213 g/mol. The van der Waals surface area contributed by atoms with Crippen LogP contribution in [-0.2, 0) is 10.8 Å². The Hall–Kier alpha value is -0.870. The lowest BCUT2D eigenvalue weighted by molar-refractivity contribution is 0.219. The smallest absolute Gasteiger partial charge is 0.0630 e. The Morgan fingerprint density at radius 2 is 2.21 bits per heavy atom. The number of hydrogen-bond donors (Lipinski definition) is 2. The van der Waals surface area contributed by atoms with Crippen molar-refractivity contribution < 1.29 is 9.32 Å². The molecule has 0 aromatic heterocycles. The van der Waals surface area contributed by atoms with Crippen LogP contribution in [0.15, 0.2) is 23.1 Å². The highest BCUT2D eigenvalue weighted by atomic mass is 32.2. The largest absolute Gasteiger partial charge is 0.399 e. The molecule has 2 atom stereocenters. The number of anilines is 1. The molecule has 0 saturated carbocycles. The minimum absolute atomic E-state index is 0.269. The molecular weight excluding hydrogens is 198 g/mol. The molecule has 0 heterocycles. The number of rotatable bonds is 3. The predicted molar refractivity (Wildman–Crippen MR) is 58.5 cm³/mol. The van der Waals surface area contributed by atoms with Crippen molar-refractivity contribution in [3.05, 3.63) is 23.8 Å². The minimum Gasteiger partial charge on any atom is -0.399 e. The Balaban J connectivity index is 2.90. The van der Waals surface area contributed by atoms with Gasteiger partial charge in [0.2, 0.25) is 0 Å². The maximum absolute atomic E-state index is 11.7. The number of aliphatic hydroxyl groups is 1. The summed E-state index contributed by atoms with van der Waals surface area (Å²) < 4.78 is 11.7. The molecule has 78 valence electrons. The van der Waals surface area contributed by atoms with Crippen molar-refractivity contribution in [3.8, 4) is 0 Å². The van der Waals surface area contributed by atoms with Crippen molar-refractivity contribution in [2.24, 2.45) is 0 Å². The van der Waals surface area contributed by atoms with Gasteiger partial charge in [0.15, 0.2) is 0 Å². The lowest BCUT2D eigenvalue weighted by Gasteiger charge is -2.08. The second-order valence-electron chi connectivity index (χ2n) is 3.39. The van der Waals surface area contributed by atoms with Crippen molar-refractivity contribution >= 4 is 16.5 Å². The standard InChI is InChI=1S/C10H15NO2S/c1-7-5-9(11)3-4-10(7)14(13)6-8(2)12/h3-5,8,12H,6,11H2,1-2H3. The maximum atomic E-state index is 11.7. The molecule has 0 radical (unpaired) electrons. The molecule has 3 nitrogen and oxygen atoms in total. The Bertz CT molecular complexity index is 350. The Kier molecular flexibility index (Phi) is 3.66. The summed E-state index contributed by atoms with van der Waals surface area (Å²) in [5.41, 5.74) is 7.15. The average Bonchev–Trinajstić information content (AvgIpc) is 2.01. The van der Waals surface area contributed by atoms with Crippen molar-refractivity contribution in [2.75, 3.05) is 11.5 Å². The van der Waals surface area contributed by atoms with E-state index in [-0.39, 0.29) is 5.75 Å². The van der Waals surface area contributed by atoms with Crippen molar-refractivity contribution in [3.63, 3.8) is 0 Å². The van der Waals surface area contributed by atoms with Crippen LogP contribution in [0.25, 0.3) is 0 Å². The van der Waals surface area contributed by atoms with Crippen LogP contribution in [0.4, 0.5) is 5.69 Å². The molecule has 0 spiro atoms. The molecule has 1 rings (SSSR count). The van der Waals surface area contributed by atoms with Gasteiger partial charge in [-0.05, 0) is 37.6 Å². The summed E-state index contributed by atoms with van der Waals surface area (Å²) in [6, 6.07) is 5.26. The fourth-order valence-corrected chi connectivity index (χ4v) is 2.49. The molecule has 0 aliphatic rings. The molecule has 1 aromatic rings. The van der Waals surface area contributed by atoms with Gasteiger partial charge in [0.05, 0.1) is 22.7 Å². The van der Waals surface area contributed by atoms with Crippen molar-refractivity contribution in [1.29, 1.82) is 0 Å². The van der Waals surface area contributed by atoms with Crippen LogP contribution < -0.4 is 5.73 Å². The fraction of sp³-hybridized carbons (Fsp3) is 0.400. The number of nitrogen functional groups attached to an aromatic ring is 1. The Morgan fingerprint density at radius 1 is 1.57 bits per heavy atom. The molecule has 0 fully saturated rings. The van der Waals surface area contributed by atoms with Crippen LogP contribution in [0, 0.1) is 6.92 Å². The Labute approximate surface area is 86.4 Å². The third-order valence-corrected chi connectivity index (χ3v) is 3.57. The molecule has 3 N–H and O–H groups in total. The quantitative estimate of drug-likeness (QED) is 0.738. The first-order valence-corrected chi connectivity index (χ1v) is 5.75. The van der Waals surface area contributed by atoms with E-state index in [1.54, 1.807) is 25.1 Å². The molecule has 0 saturated heterocycles. The van der Waals surface area contributed by atoms with Gasteiger partial charge in [-0.25, -0.2) is 0 Å². The molecule has 0 amide bonds. The molecular formula is C10H15NO2S. The molecule has 4 heteroatoms. The second-order valence-corrected chi connectivity index (χ2v) is 4.85. The van der Waals surface area contributed by atoms with Gasteiger partial charge in [-0.1, -0.05) is 0 Å². The van der Waals surface area contributed by atoms with E-state index in [0.717, 1.165) is 10.5 Å². The molecule has 2 unspecified atom stereocenters. The molecule has 0 aliphatic heterocycles. The van der Waals surface area contributed by atoms with Gasteiger partial charge in [-0.2, -0.15) is 0 Å². The topological polar surface area (TPSA) is 63.3 Å². The van der Waals surface area contributed by atoms with E-state index >= 15 is 0 Å². The van der Waals surface area contributed by atoms with E-state index in [1.165, 1.54) is 0 Å². The zero-order valence-corrected chi connectivity index (χ0v) is 9.17. The summed E-state index contributed by atoms with van der Waals surface area (Å²) in [6.07, 6.45) is -0.548. The van der Waals surface area contributed by atoms with Crippen molar-refractivity contribution in [1.82, 2.24) is 0 Å². The molecule has 14 heavy (non-hydrogen) atoms. The SMILES string of the molecule is Cc1cc(N)ccc1S(=O)CC(C)O. The number of benzene rings is 1. The highest BCUT2D eigenvalue weighted by Crippen LogP contribution is 2.16. The van der Waals surface area contributed by atoms with Crippen LogP contribution >= 0.6 is 0 Å². The van der Waals surface area contributed by atoms with Gasteiger partial charge in [0.25, 0.3) is 0 Å². The Morgan fingerprint density at radius 3 is 2.71 bits per heavy atom. The third kappa shape index (κ3) is 2.82. The predicted octanol–water partition coefficient (Wildman–Crippen LogP) is 1.07. The van der Waals surface area contributed by atoms with Crippen LogP contribution in [0.2, 0.25) is 0 Å². The summed E-state index contributed by atoms with van der Waals surface area (Å²) in [5, 5.41) is 9.11. The lowest BCUT2D eigenvalue weighted by Crippen LogP contribution is -2.13. The highest BCUT2D eigenvalue weighted by molar-refractivity contribution is 7.85. The first kappa shape index (κ1) is 11.2. The summed E-state index contributed by atoms with van der Waals surface area (Å²) in [4.78, 5) is 0.750. The summed E-state index contributed by atoms with van der Waals surface area (Å²) in [7, 11) is -1.14. The van der Waals surface area contributed by atoms with Crippen LogP contribution in [0.3, 0.4) is 0 Å². The number of hydrogen-bond acceptors (Lipinski definition) is 3. The van der Waals surface area contributed by atoms with E-state index < -0.39 is 16.9 Å². The van der Waals surface area contributed by atoms with E-state index in [0.29, 0.717) is 5.69 Å². The van der Waals surface area contributed by atoms with E-state index in [4.69, 9.17) is 10.8 Å².